The van der Waals surface area contributed by atoms with Crippen LogP contribution in [0.25, 0.3) is 0 Å². The summed E-state index contributed by atoms with van der Waals surface area (Å²) in [5.74, 6) is 0.731. The number of piperidine rings is 1. The Hall–Kier alpha value is -0.820. The fourth-order valence-corrected chi connectivity index (χ4v) is 2.46. The van der Waals surface area contributed by atoms with Gasteiger partial charge in [-0.05, 0) is 44.8 Å². The van der Waals surface area contributed by atoms with E-state index >= 15 is 0 Å². The fourth-order valence-electron chi connectivity index (χ4n) is 2.46. The lowest BCUT2D eigenvalue weighted by Crippen LogP contribution is -2.39. The van der Waals surface area contributed by atoms with E-state index in [2.05, 4.69) is 49.2 Å². The van der Waals surface area contributed by atoms with Crippen molar-refractivity contribution in [2.45, 2.75) is 31.7 Å². The maximum Gasteiger partial charge on any atom is 0.0133 e. The lowest BCUT2D eigenvalue weighted by atomic mass is 9.85. The number of likely N-dealkylation sites (N-methyl/N-ethyl adjacent to an activating group) is 1. The van der Waals surface area contributed by atoms with E-state index in [0.717, 1.165) is 5.92 Å². The number of rotatable bonds is 1. The molecular formula is C13H19N. The highest BCUT2D eigenvalue weighted by Gasteiger charge is 2.26. The maximum atomic E-state index is 2.47. The minimum absolute atomic E-state index is 0.686. The van der Waals surface area contributed by atoms with Crippen LogP contribution in [0.5, 0.6) is 0 Å². The molecule has 1 saturated heterocycles. The van der Waals surface area contributed by atoms with Crippen molar-refractivity contribution in [1.29, 1.82) is 0 Å². The monoisotopic (exact) mass is 189 g/mol. The third-order valence-corrected chi connectivity index (χ3v) is 3.53. The van der Waals surface area contributed by atoms with Crippen molar-refractivity contribution in [3.05, 3.63) is 35.9 Å². The summed E-state index contributed by atoms with van der Waals surface area (Å²) in [6.07, 6.45) is 2.68. The largest absolute Gasteiger partial charge is 0.303 e. The maximum absolute atomic E-state index is 2.47. The summed E-state index contributed by atoms with van der Waals surface area (Å²) in [6, 6.07) is 11.6. The first-order chi connectivity index (χ1) is 6.79. The van der Waals surface area contributed by atoms with E-state index in [1.165, 1.54) is 24.9 Å². The van der Waals surface area contributed by atoms with E-state index in [-0.39, 0.29) is 0 Å². The first kappa shape index (κ1) is 9.72. The third kappa shape index (κ3) is 1.83. The van der Waals surface area contributed by atoms with Gasteiger partial charge >= 0.3 is 0 Å². The van der Waals surface area contributed by atoms with Crippen LogP contribution in [0.15, 0.2) is 30.3 Å². The summed E-state index contributed by atoms with van der Waals surface area (Å²) in [7, 11) is 2.24. The summed E-state index contributed by atoms with van der Waals surface area (Å²) in [4.78, 5) is 2.47. The molecule has 2 rings (SSSR count). The van der Waals surface area contributed by atoms with E-state index in [4.69, 9.17) is 0 Å². The van der Waals surface area contributed by atoms with E-state index in [9.17, 15) is 0 Å². The van der Waals surface area contributed by atoms with Crippen LogP contribution in [-0.4, -0.2) is 24.5 Å². The van der Waals surface area contributed by atoms with E-state index < -0.39 is 0 Å². The van der Waals surface area contributed by atoms with Crippen LogP contribution >= 0.6 is 0 Å². The van der Waals surface area contributed by atoms with Gasteiger partial charge in [0.1, 0.15) is 0 Å². The van der Waals surface area contributed by atoms with Crippen LogP contribution in [0.1, 0.15) is 31.2 Å². The van der Waals surface area contributed by atoms with Crippen molar-refractivity contribution < 1.29 is 0 Å². The van der Waals surface area contributed by atoms with Crippen LogP contribution < -0.4 is 0 Å². The molecule has 0 N–H and O–H groups in total. The van der Waals surface area contributed by atoms with Gasteiger partial charge in [0.15, 0.2) is 0 Å². The van der Waals surface area contributed by atoms with Crippen molar-refractivity contribution in [2.75, 3.05) is 13.6 Å². The molecule has 0 unspecified atom stereocenters. The van der Waals surface area contributed by atoms with Crippen LogP contribution in [-0.2, 0) is 0 Å². The number of nitrogens with zero attached hydrogens (tertiary/aromatic N) is 1. The summed E-state index contributed by atoms with van der Waals surface area (Å²) in [5, 5.41) is 0. The van der Waals surface area contributed by atoms with Crippen molar-refractivity contribution in [1.82, 2.24) is 4.90 Å². The Bertz CT molecular complexity index is 281. The first-order valence-electron chi connectivity index (χ1n) is 5.54. The minimum Gasteiger partial charge on any atom is -0.303 e. The summed E-state index contributed by atoms with van der Waals surface area (Å²) in [6.45, 7) is 3.60. The molecule has 14 heavy (non-hydrogen) atoms. The molecule has 1 aromatic rings. The zero-order chi connectivity index (χ0) is 9.97. The number of benzene rings is 1. The van der Waals surface area contributed by atoms with Crippen LogP contribution in [0.2, 0.25) is 0 Å². The molecule has 1 heteroatoms. The zero-order valence-corrected chi connectivity index (χ0v) is 9.11. The zero-order valence-electron chi connectivity index (χ0n) is 9.11. The normalized spacial score (nSPS) is 29.0. The molecule has 1 aliphatic rings. The van der Waals surface area contributed by atoms with Gasteiger partial charge in [-0.1, -0.05) is 30.3 Å². The van der Waals surface area contributed by atoms with E-state index in [0.29, 0.717) is 6.04 Å². The van der Waals surface area contributed by atoms with Crippen molar-refractivity contribution in [3.63, 3.8) is 0 Å². The van der Waals surface area contributed by atoms with Crippen LogP contribution in [0, 0.1) is 0 Å². The van der Waals surface area contributed by atoms with Gasteiger partial charge in [-0.2, -0.15) is 0 Å². The Morgan fingerprint density at radius 3 is 2.64 bits per heavy atom. The van der Waals surface area contributed by atoms with Gasteiger partial charge in [0.05, 0.1) is 0 Å². The second-order valence-corrected chi connectivity index (χ2v) is 4.38. The molecule has 1 aliphatic heterocycles. The number of hydrogen-bond acceptors (Lipinski definition) is 1. The summed E-state index contributed by atoms with van der Waals surface area (Å²) in [5.41, 5.74) is 1.51. The Kier molecular flexibility index (Phi) is 2.87. The predicted molar refractivity (Wildman–Crippen MR) is 60.5 cm³/mol. The van der Waals surface area contributed by atoms with E-state index in [1.54, 1.807) is 0 Å². The van der Waals surface area contributed by atoms with Crippen molar-refractivity contribution in [2.24, 2.45) is 0 Å². The molecule has 0 aromatic heterocycles. The molecule has 0 spiro atoms. The molecular weight excluding hydrogens is 170 g/mol. The third-order valence-electron chi connectivity index (χ3n) is 3.53. The predicted octanol–water partition coefficient (Wildman–Crippen LogP) is 2.88. The number of hydrogen-bond donors (Lipinski definition) is 0. The second-order valence-electron chi connectivity index (χ2n) is 4.38. The Balaban J connectivity index is 2.17. The molecule has 0 bridgehead atoms. The van der Waals surface area contributed by atoms with Crippen molar-refractivity contribution in [3.8, 4) is 0 Å². The average molecular weight is 189 g/mol. The van der Waals surface area contributed by atoms with Gasteiger partial charge in [-0.3, -0.25) is 0 Å². The van der Waals surface area contributed by atoms with Gasteiger partial charge in [0, 0.05) is 6.04 Å². The highest BCUT2D eigenvalue weighted by atomic mass is 15.1. The Morgan fingerprint density at radius 2 is 1.93 bits per heavy atom. The van der Waals surface area contributed by atoms with Gasteiger partial charge in [-0.15, -0.1) is 0 Å². The molecule has 1 heterocycles. The summed E-state index contributed by atoms with van der Waals surface area (Å²) < 4.78 is 0. The Morgan fingerprint density at radius 1 is 1.21 bits per heavy atom. The minimum atomic E-state index is 0.686. The summed E-state index contributed by atoms with van der Waals surface area (Å²) >= 11 is 0. The molecule has 2 atom stereocenters. The van der Waals surface area contributed by atoms with Crippen molar-refractivity contribution >= 4 is 0 Å². The standard InChI is InChI=1S/C13H19N/c1-11-13(9-6-10-14(11)2)12-7-4-3-5-8-12/h3-5,7-8,11,13H,6,9-10H2,1-2H3/t11-,13-/m1/s1. The highest BCUT2D eigenvalue weighted by molar-refractivity contribution is 5.21. The van der Waals surface area contributed by atoms with Crippen LogP contribution in [0.4, 0.5) is 0 Å². The second kappa shape index (κ2) is 4.14. The molecule has 76 valence electrons. The topological polar surface area (TPSA) is 3.24 Å². The quantitative estimate of drug-likeness (QED) is 0.656. The first-order valence-corrected chi connectivity index (χ1v) is 5.54. The molecule has 0 aliphatic carbocycles. The SMILES string of the molecule is C[C@@H]1[C@H](c2ccccc2)CCCN1C. The molecule has 0 amide bonds. The lowest BCUT2D eigenvalue weighted by molar-refractivity contribution is 0.174. The van der Waals surface area contributed by atoms with Gasteiger partial charge < -0.3 is 4.90 Å². The highest BCUT2D eigenvalue weighted by Crippen LogP contribution is 2.31. The molecule has 0 saturated carbocycles. The van der Waals surface area contributed by atoms with Gasteiger partial charge in [-0.25, -0.2) is 0 Å². The van der Waals surface area contributed by atoms with E-state index in [1.807, 2.05) is 0 Å². The molecule has 1 aromatic carbocycles. The smallest absolute Gasteiger partial charge is 0.0133 e. The number of likely N-dealkylation sites (tertiary alicyclic amines) is 1. The fraction of sp³-hybridized carbons (Fsp3) is 0.538. The van der Waals surface area contributed by atoms with Gasteiger partial charge in [0.2, 0.25) is 0 Å². The molecule has 0 radical (unpaired) electrons. The molecule has 1 nitrogen and oxygen atoms in total. The Labute approximate surface area is 86.7 Å². The average Bonchev–Trinajstić information content (AvgIpc) is 2.23. The lowest BCUT2D eigenvalue weighted by Gasteiger charge is -2.37. The van der Waals surface area contributed by atoms with Gasteiger partial charge in [0.25, 0.3) is 0 Å². The van der Waals surface area contributed by atoms with Crippen LogP contribution in [0.3, 0.4) is 0 Å². The molecule has 1 fully saturated rings.